The van der Waals surface area contributed by atoms with Gasteiger partial charge in [-0.25, -0.2) is 14.4 Å². The maximum absolute atomic E-state index is 12.3. The Morgan fingerprint density at radius 2 is 1.47 bits per heavy atom. The fourth-order valence-corrected chi connectivity index (χ4v) is 3.19. The van der Waals surface area contributed by atoms with Crippen molar-refractivity contribution in [3.8, 4) is 0 Å². The fraction of sp³-hybridized carbons (Fsp3) is 0.444. The third-order valence-electron chi connectivity index (χ3n) is 5.42. The van der Waals surface area contributed by atoms with Gasteiger partial charge < -0.3 is 29.5 Å². The van der Waals surface area contributed by atoms with Gasteiger partial charge in [0, 0.05) is 23.9 Å². The van der Waals surface area contributed by atoms with E-state index < -0.39 is 36.7 Å². The van der Waals surface area contributed by atoms with Gasteiger partial charge in [0.15, 0.2) is 11.9 Å². The van der Waals surface area contributed by atoms with Gasteiger partial charge in [-0.15, -0.1) is 0 Å². The van der Waals surface area contributed by atoms with Crippen LogP contribution in [0.15, 0.2) is 48.5 Å². The number of hydrogen-bond acceptors (Lipinski definition) is 8. The number of carboxylic acids is 1. The molecule has 0 saturated carbocycles. The zero-order chi connectivity index (χ0) is 28.1. The lowest BCUT2D eigenvalue weighted by Crippen LogP contribution is -2.47. The second-order valence-electron chi connectivity index (χ2n) is 9.26. The van der Waals surface area contributed by atoms with Gasteiger partial charge >= 0.3 is 18.2 Å². The molecule has 0 bridgehead atoms. The second kappa shape index (κ2) is 14.9. The Bertz CT molecular complexity index is 1080. The maximum Gasteiger partial charge on any atom is 0.411 e. The third kappa shape index (κ3) is 10.4. The van der Waals surface area contributed by atoms with E-state index in [1.807, 2.05) is 18.2 Å². The van der Waals surface area contributed by atoms with Crippen molar-refractivity contribution in [2.45, 2.75) is 51.9 Å². The van der Waals surface area contributed by atoms with E-state index in [0.717, 1.165) is 11.1 Å². The van der Waals surface area contributed by atoms with Gasteiger partial charge in [0.05, 0.1) is 6.61 Å². The summed E-state index contributed by atoms with van der Waals surface area (Å²) < 4.78 is 15.4. The number of rotatable bonds is 14. The van der Waals surface area contributed by atoms with Crippen LogP contribution in [-0.2, 0) is 25.4 Å². The highest BCUT2D eigenvalue weighted by Gasteiger charge is 2.39. The molecule has 0 aliphatic rings. The van der Waals surface area contributed by atoms with Gasteiger partial charge in [-0.2, -0.15) is 0 Å². The van der Waals surface area contributed by atoms with Gasteiger partial charge in [-0.05, 0) is 61.6 Å². The molecule has 11 nitrogen and oxygen atoms in total. The van der Waals surface area contributed by atoms with Crippen LogP contribution in [0, 0.1) is 5.92 Å². The Morgan fingerprint density at radius 1 is 0.921 bits per heavy atom. The Labute approximate surface area is 221 Å². The summed E-state index contributed by atoms with van der Waals surface area (Å²) in [5.74, 6) is -1.73. The van der Waals surface area contributed by atoms with Crippen LogP contribution in [0.2, 0.25) is 0 Å². The minimum Gasteiger partial charge on any atom is -0.479 e. The molecule has 0 spiro atoms. The van der Waals surface area contributed by atoms with Gasteiger partial charge in [-0.1, -0.05) is 38.1 Å². The van der Waals surface area contributed by atoms with E-state index in [2.05, 4.69) is 10.6 Å². The molecule has 38 heavy (non-hydrogen) atoms. The van der Waals surface area contributed by atoms with Crippen LogP contribution in [0.5, 0.6) is 0 Å². The average molecular weight is 533 g/mol. The summed E-state index contributed by atoms with van der Waals surface area (Å²) in [5, 5.41) is 33.4. The number of ether oxygens (including phenoxy) is 3. The van der Waals surface area contributed by atoms with E-state index in [1.54, 1.807) is 44.2 Å². The van der Waals surface area contributed by atoms with E-state index in [-0.39, 0.29) is 19.1 Å². The quantitative estimate of drug-likeness (QED) is 0.179. The summed E-state index contributed by atoms with van der Waals surface area (Å²) in [4.78, 5) is 35.9. The molecule has 2 aromatic rings. The number of benzene rings is 2. The van der Waals surface area contributed by atoms with Crippen LogP contribution in [0.4, 0.5) is 21.0 Å². The topological polar surface area (TPSA) is 164 Å². The molecule has 1 unspecified atom stereocenters. The van der Waals surface area contributed by atoms with Crippen molar-refractivity contribution >= 4 is 29.5 Å². The van der Waals surface area contributed by atoms with E-state index >= 15 is 0 Å². The lowest BCUT2D eigenvalue weighted by atomic mass is 10.0. The highest BCUT2D eigenvalue weighted by molar-refractivity contribution is 5.86. The van der Waals surface area contributed by atoms with Crippen LogP contribution in [-0.4, -0.2) is 65.2 Å². The summed E-state index contributed by atoms with van der Waals surface area (Å²) in [6.07, 6.45) is -1.14. The molecule has 0 aromatic heterocycles. The number of hydrogen-bond donors (Lipinski definition) is 5. The molecule has 2 rings (SSSR count). The fourth-order valence-electron chi connectivity index (χ4n) is 3.19. The molecule has 11 heteroatoms. The van der Waals surface area contributed by atoms with Crippen molar-refractivity contribution in [2.24, 2.45) is 5.92 Å². The molecule has 0 saturated heterocycles. The standard InChI is InChI=1S/C27H36N2O9/c1-18(2)23(31)38-27(3,24(32)33)17-37-26(35)29-22-11-7-9-20(16-22)14-19-8-6-10-21(15-19)28-25(34)36-13-5-4-12-30/h6-11,15-16,18,23,30-31H,4-5,12-14,17H2,1-3H3,(H,28,34)(H,29,35)(H,32,33)/t23-,27?/m1/s1. The molecule has 0 radical (unpaired) electrons. The Balaban J connectivity index is 1.94. The highest BCUT2D eigenvalue weighted by atomic mass is 16.6. The maximum atomic E-state index is 12.3. The first-order chi connectivity index (χ1) is 18.0. The lowest BCUT2D eigenvalue weighted by Gasteiger charge is -2.29. The number of aliphatic hydroxyl groups is 2. The number of aliphatic carboxylic acids is 1. The number of nitrogens with one attached hydrogen (secondary N) is 2. The number of aliphatic hydroxyl groups excluding tert-OH is 2. The summed E-state index contributed by atoms with van der Waals surface area (Å²) in [6.45, 7) is 4.20. The molecule has 0 heterocycles. The van der Waals surface area contributed by atoms with Crippen molar-refractivity contribution in [1.29, 1.82) is 0 Å². The first-order valence-electron chi connectivity index (χ1n) is 12.3. The van der Waals surface area contributed by atoms with Gasteiger partial charge in [-0.3, -0.25) is 10.6 Å². The van der Waals surface area contributed by atoms with Crippen molar-refractivity contribution < 1.29 is 43.9 Å². The average Bonchev–Trinajstić information content (AvgIpc) is 2.85. The Morgan fingerprint density at radius 3 is 1.97 bits per heavy atom. The van der Waals surface area contributed by atoms with Crippen LogP contribution >= 0.6 is 0 Å². The number of carboxylic acid groups (broad SMARTS) is 1. The van der Waals surface area contributed by atoms with Crippen LogP contribution < -0.4 is 10.6 Å². The molecule has 5 N–H and O–H groups in total. The number of anilines is 2. The molecular weight excluding hydrogens is 496 g/mol. The monoisotopic (exact) mass is 532 g/mol. The smallest absolute Gasteiger partial charge is 0.411 e. The molecular formula is C27H36N2O9. The first kappa shape index (κ1) is 30.6. The SMILES string of the molecule is CC(C)[C@H](O)OC(C)(COC(=O)Nc1cccc(Cc2cccc(NC(=O)OCCCCO)c2)c1)C(=O)O. The van der Waals surface area contributed by atoms with Crippen LogP contribution in [0.3, 0.4) is 0 Å². The van der Waals surface area contributed by atoms with Crippen LogP contribution in [0.25, 0.3) is 0 Å². The normalized spacial score (nSPS) is 13.3. The number of amides is 2. The predicted molar refractivity (Wildman–Crippen MR) is 140 cm³/mol. The van der Waals surface area contributed by atoms with Crippen molar-refractivity contribution in [2.75, 3.05) is 30.5 Å². The van der Waals surface area contributed by atoms with Crippen LogP contribution in [0.1, 0.15) is 44.7 Å². The molecule has 0 aliphatic heterocycles. The summed E-state index contributed by atoms with van der Waals surface area (Å²) in [7, 11) is 0. The van der Waals surface area contributed by atoms with Gasteiger partial charge in [0.1, 0.15) is 6.61 Å². The zero-order valence-corrected chi connectivity index (χ0v) is 21.8. The largest absolute Gasteiger partial charge is 0.479 e. The minimum absolute atomic E-state index is 0.0491. The highest BCUT2D eigenvalue weighted by Crippen LogP contribution is 2.20. The third-order valence-corrected chi connectivity index (χ3v) is 5.42. The summed E-state index contributed by atoms with van der Waals surface area (Å²) in [6, 6.07) is 14.3. The zero-order valence-electron chi connectivity index (χ0n) is 21.8. The van der Waals surface area contributed by atoms with Crippen molar-refractivity contribution in [1.82, 2.24) is 0 Å². The summed E-state index contributed by atoms with van der Waals surface area (Å²) in [5.41, 5.74) is 0.853. The van der Waals surface area contributed by atoms with Gasteiger partial charge in [0.2, 0.25) is 0 Å². The van der Waals surface area contributed by atoms with E-state index in [9.17, 15) is 24.6 Å². The van der Waals surface area contributed by atoms with Crippen molar-refractivity contribution in [3.63, 3.8) is 0 Å². The number of unbranched alkanes of at least 4 members (excludes halogenated alkanes) is 1. The summed E-state index contributed by atoms with van der Waals surface area (Å²) >= 11 is 0. The van der Waals surface area contributed by atoms with Gasteiger partial charge in [0.25, 0.3) is 0 Å². The molecule has 208 valence electrons. The molecule has 2 amide bonds. The van der Waals surface area contributed by atoms with E-state index in [4.69, 9.17) is 19.3 Å². The first-order valence-corrected chi connectivity index (χ1v) is 12.3. The molecule has 2 aromatic carbocycles. The number of carbonyl (C=O) groups is 3. The van der Waals surface area contributed by atoms with Crippen molar-refractivity contribution in [3.05, 3.63) is 59.7 Å². The molecule has 0 aliphatic carbocycles. The second-order valence-corrected chi connectivity index (χ2v) is 9.26. The Kier molecular flexibility index (Phi) is 12.0. The predicted octanol–water partition coefficient (Wildman–Crippen LogP) is 3.98. The lowest BCUT2D eigenvalue weighted by molar-refractivity contribution is -0.220. The van der Waals surface area contributed by atoms with E-state index in [0.29, 0.717) is 30.6 Å². The Hall–Kier alpha value is -3.67. The molecule has 2 atom stereocenters. The minimum atomic E-state index is -1.92. The molecule has 0 fully saturated rings. The van der Waals surface area contributed by atoms with E-state index in [1.165, 1.54) is 6.92 Å². The number of carbonyl (C=O) groups excluding carboxylic acids is 2.